The molecule has 0 spiro atoms. The third-order valence-electron chi connectivity index (χ3n) is 4.13. The van der Waals surface area contributed by atoms with Crippen molar-refractivity contribution in [2.45, 2.75) is 12.5 Å². The van der Waals surface area contributed by atoms with Gasteiger partial charge in [-0.3, -0.25) is 10.1 Å². The molecule has 1 aliphatic heterocycles. The van der Waals surface area contributed by atoms with Gasteiger partial charge in [0, 0.05) is 21.5 Å². The first-order valence-electron chi connectivity index (χ1n) is 8.07. The average Bonchev–Trinajstić information content (AvgIpc) is 3.25. The predicted molar refractivity (Wildman–Crippen MR) is 108 cm³/mol. The van der Waals surface area contributed by atoms with E-state index in [-0.39, 0.29) is 6.04 Å². The van der Waals surface area contributed by atoms with Gasteiger partial charge in [0.15, 0.2) is 0 Å². The molecule has 3 N–H and O–H groups in total. The fraction of sp³-hybridized carbons (Fsp3) is 0.222. The van der Waals surface area contributed by atoms with Crippen LogP contribution in [0, 0.1) is 0 Å². The Hall–Kier alpha value is -1.83. The molecule has 1 atom stereocenters. The number of aromatic amines is 1. The Morgan fingerprint density at radius 3 is 2.92 bits per heavy atom. The fourth-order valence-electron chi connectivity index (χ4n) is 2.89. The van der Waals surface area contributed by atoms with Gasteiger partial charge >= 0.3 is 0 Å². The summed E-state index contributed by atoms with van der Waals surface area (Å²) in [5.74, 6) is 0.840. The molecule has 4 rings (SSSR count). The summed E-state index contributed by atoms with van der Waals surface area (Å²) < 4.78 is 1.09. The van der Waals surface area contributed by atoms with E-state index in [1.165, 1.54) is 5.56 Å². The van der Waals surface area contributed by atoms with E-state index in [1.807, 2.05) is 12.3 Å². The second kappa shape index (κ2) is 7.19. The topological polar surface area (TPSA) is 70.3 Å². The quantitative estimate of drug-likeness (QED) is 0.667. The molecule has 0 bridgehead atoms. The smallest absolute Gasteiger partial charge is 0.125 e. The molecule has 7 heteroatoms. The van der Waals surface area contributed by atoms with Crippen molar-refractivity contribution in [2.24, 2.45) is 10.8 Å². The number of fused-ring (bicyclic) bond motifs is 1. The molecule has 1 aromatic heterocycles. The van der Waals surface area contributed by atoms with E-state index in [9.17, 15) is 0 Å². The summed E-state index contributed by atoms with van der Waals surface area (Å²) in [5.41, 5.74) is 9.74. The molecule has 2 heterocycles. The van der Waals surface area contributed by atoms with E-state index in [2.05, 4.69) is 67.5 Å². The van der Waals surface area contributed by atoms with E-state index in [1.54, 1.807) is 11.8 Å². The highest BCUT2D eigenvalue weighted by molar-refractivity contribution is 9.10. The zero-order valence-corrected chi connectivity index (χ0v) is 15.9. The predicted octanol–water partition coefficient (Wildman–Crippen LogP) is 3.56. The van der Waals surface area contributed by atoms with Gasteiger partial charge in [0.1, 0.15) is 5.04 Å². The van der Waals surface area contributed by atoms with Gasteiger partial charge in [0.05, 0.1) is 24.1 Å². The van der Waals surface area contributed by atoms with Crippen LogP contribution in [0.25, 0.3) is 10.9 Å². The van der Waals surface area contributed by atoms with Crippen molar-refractivity contribution < 1.29 is 0 Å². The van der Waals surface area contributed by atoms with Crippen molar-refractivity contribution >= 4 is 43.6 Å². The molecule has 0 amide bonds. The normalized spacial score (nSPS) is 15.6. The van der Waals surface area contributed by atoms with Crippen LogP contribution < -0.4 is 5.73 Å². The van der Waals surface area contributed by atoms with Crippen molar-refractivity contribution in [3.05, 3.63) is 64.3 Å². The lowest BCUT2D eigenvalue weighted by atomic mass is 10.1. The van der Waals surface area contributed by atoms with E-state index in [0.29, 0.717) is 0 Å². The van der Waals surface area contributed by atoms with E-state index in [0.717, 1.165) is 44.8 Å². The Kier molecular flexibility index (Phi) is 4.78. The minimum absolute atomic E-state index is 0.0567. The average molecular weight is 416 g/mol. The second-order valence-electron chi connectivity index (χ2n) is 6.13. The number of hydrazone groups is 1. The first-order valence-corrected chi connectivity index (χ1v) is 9.85. The summed E-state index contributed by atoms with van der Waals surface area (Å²) in [6, 6.07) is 14.6. The molecule has 1 aliphatic rings. The Morgan fingerprint density at radius 1 is 1.24 bits per heavy atom. The molecular formula is C18H18BrN5S. The monoisotopic (exact) mass is 415 g/mol. The van der Waals surface area contributed by atoms with Gasteiger partial charge in [-0.1, -0.05) is 45.9 Å². The number of hydrogen-bond acceptors (Lipinski definition) is 5. The molecular weight excluding hydrogens is 398 g/mol. The van der Waals surface area contributed by atoms with Crippen LogP contribution in [0.15, 0.2) is 58.2 Å². The van der Waals surface area contributed by atoms with Crippen molar-refractivity contribution in [3.63, 3.8) is 0 Å². The number of rotatable bonds is 5. The summed E-state index contributed by atoms with van der Waals surface area (Å²) in [7, 11) is 0. The van der Waals surface area contributed by atoms with E-state index < -0.39 is 0 Å². The van der Waals surface area contributed by atoms with Crippen LogP contribution in [-0.2, 0) is 6.42 Å². The number of nitrogens with one attached hydrogen (secondary N) is 1. The number of halogens is 1. The van der Waals surface area contributed by atoms with E-state index >= 15 is 0 Å². The lowest BCUT2D eigenvalue weighted by molar-refractivity contribution is 0.320. The van der Waals surface area contributed by atoms with Crippen LogP contribution in [0.1, 0.15) is 11.1 Å². The number of hydrogen-bond donors (Lipinski definition) is 2. The van der Waals surface area contributed by atoms with Gasteiger partial charge in [0.2, 0.25) is 0 Å². The number of thioether (sulfide) groups is 1. The minimum Gasteiger partial charge on any atom is -0.326 e. The van der Waals surface area contributed by atoms with Crippen molar-refractivity contribution in [2.75, 3.05) is 12.4 Å². The first kappa shape index (κ1) is 16.6. The summed E-state index contributed by atoms with van der Waals surface area (Å²) in [5, 5.41) is 16.0. The van der Waals surface area contributed by atoms with Gasteiger partial charge in [-0.2, -0.15) is 10.2 Å². The maximum absolute atomic E-state index is 6.32. The Morgan fingerprint density at radius 2 is 2.08 bits per heavy atom. The molecule has 0 unspecified atom stereocenters. The third kappa shape index (κ3) is 3.89. The van der Waals surface area contributed by atoms with Crippen LogP contribution in [0.2, 0.25) is 0 Å². The summed E-state index contributed by atoms with van der Waals surface area (Å²) >= 11 is 5.21. The molecule has 0 aliphatic carbocycles. The number of nitrogens with zero attached hydrogens (tertiary/aromatic N) is 3. The number of nitrogens with two attached hydrogens (primary N) is 1. The number of benzene rings is 2. The maximum atomic E-state index is 6.32. The zero-order valence-electron chi connectivity index (χ0n) is 13.5. The molecule has 0 saturated heterocycles. The Bertz CT molecular complexity index is 905. The Balaban J connectivity index is 1.41. The van der Waals surface area contributed by atoms with Gasteiger partial charge in [-0.15, -0.1) is 0 Å². The van der Waals surface area contributed by atoms with Gasteiger partial charge in [-0.05, 0) is 36.2 Å². The molecule has 5 nitrogen and oxygen atoms in total. The van der Waals surface area contributed by atoms with Gasteiger partial charge < -0.3 is 5.73 Å². The van der Waals surface area contributed by atoms with Crippen molar-refractivity contribution in [3.8, 4) is 0 Å². The largest absolute Gasteiger partial charge is 0.326 e. The summed E-state index contributed by atoms with van der Waals surface area (Å²) in [4.78, 5) is 0. The molecule has 2 aromatic carbocycles. The molecule has 3 aromatic rings. The third-order valence-corrected chi connectivity index (χ3v) is 5.67. The molecule has 128 valence electrons. The van der Waals surface area contributed by atoms with E-state index in [4.69, 9.17) is 10.8 Å². The second-order valence-corrected chi connectivity index (χ2v) is 7.98. The lowest BCUT2D eigenvalue weighted by Gasteiger charge is -2.18. The van der Waals surface area contributed by atoms with Crippen LogP contribution in [0.5, 0.6) is 0 Å². The van der Waals surface area contributed by atoms with Crippen molar-refractivity contribution in [1.82, 2.24) is 15.2 Å². The first-order chi connectivity index (χ1) is 12.2. The molecule has 0 saturated carbocycles. The SMILES string of the molecule is N[C@@H](Cc1ccc(Br)cc1)CN1CSC(c2ccc3[nH]ncc3c2)=N1. The number of H-pyrrole nitrogens is 1. The zero-order chi connectivity index (χ0) is 17.2. The van der Waals surface area contributed by atoms with Gasteiger partial charge in [-0.25, -0.2) is 0 Å². The highest BCUT2D eigenvalue weighted by atomic mass is 79.9. The lowest BCUT2D eigenvalue weighted by Crippen LogP contribution is -2.35. The molecule has 25 heavy (non-hydrogen) atoms. The highest BCUT2D eigenvalue weighted by Crippen LogP contribution is 2.25. The molecule has 0 radical (unpaired) electrons. The van der Waals surface area contributed by atoms with Crippen LogP contribution in [0.3, 0.4) is 0 Å². The fourth-order valence-corrected chi connectivity index (χ4v) is 4.06. The highest BCUT2D eigenvalue weighted by Gasteiger charge is 2.19. The van der Waals surface area contributed by atoms with Crippen LogP contribution >= 0.6 is 27.7 Å². The maximum Gasteiger partial charge on any atom is 0.125 e. The Labute approximate surface area is 158 Å². The van der Waals surface area contributed by atoms with Crippen molar-refractivity contribution in [1.29, 1.82) is 0 Å². The summed E-state index contributed by atoms with van der Waals surface area (Å²) in [6.45, 7) is 0.751. The minimum atomic E-state index is 0.0567. The van der Waals surface area contributed by atoms with Gasteiger partial charge in [0.25, 0.3) is 0 Å². The summed E-state index contributed by atoms with van der Waals surface area (Å²) in [6.07, 6.45) is 2.69. The molecule has 0 fully saturated rings. The standard InChI is InChI=1S/C18H18BrN5S/c19-15-4-1-12(2-5-15)7-16(20)10-24-11-25-18(23-24)13-3-6-17-14(8-13)9-21-22-17/h1-6,8-9,16H,7,10-11,20H2,(H,21,22)/t16-/m0/s1. The van der Waals surface area contributed by atoms with Crippen LogP contribution in [-0.4, -0.2) is 38.7 Å². The van der Waals surface area contributed by atoms with Crippen LogP contribution in [0.4, 0.5) is 0 Å². The number of aromatic nitrogens is 2.